The fourth-order valence-corrected chi connectivity index (χ4v) is 4.94. The first-order valence-corrected chi connectivity index (χ1v) is 19.7. The van der Waals surface area contributed by atoms with Crippen molar-refractivity contribution < 1.29 is 92.4 Å². The van der Waals surface area contributed by atoms with E-state index in [-0.39, 0.29) is 52.5 Å². The molecular formula is C37H63N5O19. The van der Waals surface area contributed by atoms with Crippen LogP contribution in [0.3, 0.4) is 0 Å². The number of carboxylic acid groups (broad SMARTS) is 4. The molecule has 350 valence electrons. The van der Waals surface area contributed by atoms with Crippen LogP contribution >= 0.6 is 0 Å². The molecule has 0 aliphatic heterocycles. The summed E-state index contributed by atoms with van der Waals surface area (Å²) < 4.78 is 26.6. The number of nitrogens with one attached hydrogen (secondary N) is 5. The summed E-state index contributed by atoms with van der Waals surface area (Å²) in [5.74, 6) is -11.3. The van der Waals surface area contributed by atoms with Gasteiger partial charge in [0.1, 0.15) is 30.2 Å². The molecule has 0 rings (SSSR count). The third kappa shape index (κ3) is 26.7. The molecule has 0 aromatic rings. The minimum atomic E-state index is -1.84. The van der Waals surface area contributed by atoms with E-state index < -0.39 is 121 Å². The number of carbonyl (C=O) groups excluding carboxylic acids is 5. The van der Waals surface area contributed by atoms with Gasteiger partial charge < -0.3 is 75.8 Å². The predicted octanol–water partition coefficient (Wildman–Crippen LogP) is -2.52. The second-order valence-corrected chi connectivity index (χ2v) is 13.9. The Hall–Kier alpha value is -5.01. The summed E-state index contributed by atoms with van der Waals surface area (Å²) >= 11 is 0. The van der Waals surface area contributed by atoms with Crippen LogP contribution in [0.25, 0.3) is 0 Å². The Morgan fingerprint density at radius 1 is 0.475 bits per heavy atom. The second kappa shape index (κ2) is 32.7. The highest BCUT2D eigenvalue weighted by atomic mass is 16.6. The summed E-state index contributed by atoms with van der Waals surface area (Å²) in [5, 5.41) is 57.7. The number of amides is 5. The van der Waals surface area contributed by atoms with Gasteiger partial charge in [0.25, 0.3) is 0 Å². The SMILES string of the molecule is CC[C@H](C)[C@H](NC(=O)CCOCCOCCOCCOCCOCCC(=O)O)C(=O)N[C@@H](CCC(=O)O)C(=O)N[C@@H](CO)C(=O)N[C@@H](CC(=O)O)C(=O)N[C@H](C(=O)O)C(C)C. The molecule has 0 aliphatic carbocycles. The number of aliphatic carboxylic acids is 4. The molecule has 6 atom stereocenters. The minimum Gasteiger partial charge on any atom is -0.481 e. The van der Waals surface area contributed by atoms with Crippen molar-refractivity contribution in [3.05, 3.63) is 0 Å². The number of carbonyl (C=O) groups is 9. The lowest BCUT2D eigenvalue weighted by Crippen LogP contribution is -2.60. The maximum atomic E-state index is 13.5. The highest BCUT2D eigenvalue weighted by Crippen LogP contribution is 2.11. The number of rotatable bonds is 37. The number of carboxylic acids is 4. The lowest BCUT2D eigenvalue weighted by Gasteiger charge is -2.27. The van der Waals surface area contributed by atoms with Gasteiger partial charge in [-0.25, -0.2) is 4.79 Å². The van der Waals surface area contributed by atoms with Crippen molar-refractivity contribution in [3.63, 3.8) is 0 Å². The molecule has 0 saturated carbocycles. The molecule has 0 spiro atoms. The first kappa shape index (κ1) is 56.0. The molecule has 24 nitrogen and oxygen atoms in total. The fraction of sp³-hybridized carbons (Fsp3) is 0.757. The summed E-state index contributed by atoms with van der Waals surface area (Å²) in [6.45, 7) is 7.48. The first-order chi connectivity index (χ1) is 28.8. The molecule has 10 N–H and O–H groups in total. The topological polar surface area (TPSA) is 361 Å². The van der Waals surface area contributed by atoms with Crippen molar-refractivity contribution in [2.45, 2.75) is 96.4 Å². The smallest absolute Gasteiger partial charge is 0.326 e. The highest BCUT2D eigenvalue weighted by Gasteiger charge is 2.34. The van der Waals surface area contributed by atoms with Crippen LogP contribution in [0.15, 0.2) is 0 Å². The molecule has 5 amide bonds. The van der Waals surface area contributed by atoms with Gasteiger partial charge >= 0.3 is 23.9 Å². The second-order valence-electron chi connectivity index (χ2n) is 13.9. The van der Waals surface area contributed by atoms with E-state index in [4.69, 9.17) is 28.8 Å². The molecule has 0 aliphatic rings. The van der Waals surface area contributed by atoms with Gasteiger partial charge in [0.05, 0.1) is 85.5 Å². The van der Waals surface area contributed by atoms with E-state index in [0.29, 0.717) is 32.8 Å². The summed E-state index contributed by atoms with van der Waals surface area (Å²) in [6, 6.07) is -7.92. The number of hydrogen-bond donors (Lipinski definition) is 10. The van der Waals surface area contributed by atoms with Crippen molar-refractivity contribution >= 4 is 53.4 Å². The van der Waals surface area contributed by atoms with Crippen LogP contribution in [0.4, 0.5) is 0 Å². The van der Waals surface area contributed by atoms with Crippen molar-refractivity contribution in [1.82, 2.24) is 26.6 Å². The Labute approximate surface area is 353 Å². The Morgan fingerprint density at radius 2 is 0.902 bits per heavy atom. The van der Waals surface area contributed by atoms with Crippen molar-refractivity contribution in [2.75, 3.05) is 72.7 Å². The molecule has 0 aromatic carbocycles. The van der Waals surface area contributed by atoms with Crippen LogP contribution < -0.4 is 26.6 Å². The van der Waals surface area contributed by atoms with E-state index in [1.54, 1.807) is 13.8 Å². The quantitative estimate of drug-likeness (QED) is 0.0288. The van der Waals surface area contributed by atoms with Crippen LogP contribution in [0, 0.1) is 11.8 Å². The summed E-state index contributed by atoms with van der Waals surface area (Å²) in [6.07, 6.45) is -1.96. The zero-order chi connectivity index (χ0) is 46.3. The molecule has 0 heterocycles. The fourth-order valence-electron chi connectivity index (χ4n) is 4.94. The zero-order valence-electron chi connectivity index (χ0n) is 35.0. The van der Waals surface area contributed by atoms with E-state index in [0.717, 1.165) is 0 Å². The van der Waals surface area contributed by atoms with Gasteiger partial charge in [-0.15, -0.1) is 0 Å². The van der Waals surface area contributed by atoms with E-state index in [1.807, 2.05) is 0 Å². The number of hydrogen-bond acceptors (Lipinski definition) is 15. The van der Waals surface area contributed by atoms with E-state index in [1.165, 1.54) is 13.8 Å². The van der Waals surface area contributed by atoms with Gasteiger partial charge in [-0.3, -0.25) is 38.4 Å². The van der Waals surface area contributed by atoms with Crippen molar-refractivity contribution in [3.8, 4) is 0 Å². The Kier molecular flexibility index (Phi) is 30.0. The predicted molar refractivity (Wildman–Crippen MR) is 209 cm³/mol. The first-order valence-electron chi connectivity index (χ1n) is 19.7. The molecule has 0 radical (unpaired) electrons. The van der Waals surface area contributed by atoms with E-state index in [2.05, 4.69) is 26.6 Å². The van der Waals surface area contributed by atoms with Crippen LogP contribution in [0.2, 0.25) is 0 Å². The van der Waals surface area contributed by atoms with Gasteiger partial charge in [-0.05, 0) is 18.3 Å². The minimum absolute atomic E-state index is 0.0288. The molecule has 61 heavy (non-hydrogen) atoms. The molecule has 24 heteroatoms. The van der Waals surface area contributed by atoms with Crippen molar-refractivity contribution in [2.24, 2.45) is 11.8 Å². The third-order valence-corrected chi connectivity index (χ3v) is 8.57. The maximum absolute atomic E-state index is 13.5. The highest BCUT2D eigenvalue weighted by molar-refractivity contribution is 5.97. The lowest BCUT2D eigenvalue weighted by atomic mass is 9.97. The number of ether oxygens (including phenoxy) is 5. The Balaban J connectivity index is 5.15. The Bertz CT molecular complexity index is 1400. The van der Waals surface area contributed by atoms with Crippen LogP contribution in [0.5, 0.6) is 0 Å². The van der Waals surface area contributed by atoms with Gasteiger partial charge in [0, 0.05) is 12.8 Å². The van der Waals surface area contributed by atoms with Crippen molar-refractivity contribution in [1.29, 1.82) is 0 Å². The van der Waals surface area contributed by atoms with Crippen LogP contribution in [-0.4, -0.2) is 182 Å². The summed E-state index contributed by atoms with van der Waals surface area (Å²) in [5.41, 5.74) is 0. The zero-order valence-corrected chi connectivity index (χ0v) is 35.0. The van der Waals surface area contributed by atoms with E-state index >= 15 is 0 Å². The molecule has 0 bridgehead atoms. The maximum Gasteiger partial charge on any atom is 0.326 e. The van der Waals surface area contributed by atoms with Gasteiger partial charge in [0.15, 0.2) is 0 Å². The van der Waals surface area contributed by atoms with Gasteiger partial charge in [-0.2, -0.15) is 0 Å². The average molecular weight is 882 g/mol. The van der Waals surface area contributed by atoms with E-state index in [9.17, 15) is 63.6 Å². The lowest BCUT2D eigenvalue weighted by molar-refractivity contribution is -0.145. The standard InChI is InChI=1S/C37H63N5O19/c1-5-23(4)32(41-27(44)8-10-57-12-14-59-16-18-61-19-17-60-15-13-58-11-9-29(47)48)36(54)38-24(6-7-28(45)46)33(51)40-26(21-43)35(53)39-25(20-30(49)50)34(52)42-31(22(2)3)37(55)56/h22-26,31-32,43H,5-21H2,1-4H3,(H,38,54)(H,39,53)(H,40,51)(H,41,44)(H,42,52)(H,45,46)(H,47,48)(H,49,50)(H,55,56)/t23-,24-,25-,26-,31-,32-/m0/s1. The van der Waals surface area contributed by atoms with Crippen LogP contribution in [0.1, 0.15) is 66.2 Å². The Morgan fingerprint density at radius 3 is 1.33 bits per heavy atom. The number of aliphatic hydroxyl groups is 1. The van der Waals surface area contributed by atoms with Gasteiger partial charge in [-0.1, -0.05) is 34.1 Å². The molecule has 0 saturated heterocycles. The number of aliphatic hydroxyl groups excluding tert-OH is 1. The monoisotopic (exact) mass is 881 g/mol. The van der Waals surface area contributed by atoms with Crippen LogP contribution in [-0.2, 0) is 66.8 Å². The average Bonchev–Trinajstić information content (AvgIpc) is 3.19. The summed E-state index contributed by atoms with van der Waals surface area (Å²) in [7, 11) is 0. The summed E-state index contributed by atoms with van der Waals surface area (Å²) in [4.78, 5) is 110. The molecular weight excluding hydrogens is 818 g/mol. The molecule has 0 unspecified atom stereocenters. The molecule has 0 fully saturated rings. The molecule has 0 aromatic heterocycles. The largest absolute Gasteiger partial charge is 0.481 e. The third-order valence-electron chi connectivity index (χ3n) is 8.57. The normalized spacial score (nSPS) is 14.1. The van der Waals surface area contributed by atoms with Gasteiger partial charge in [0.2, 0.25) is 29.5 Å².